The van der Waals surface area contributed by atoms with Crippen molar-refractivity contribution in [3.05, 3.63) is 70.8 Å². The van der Waals surface area contributed by atoms with Crippen LogP contribution in [0.3, 0.4) is 0 Å². The second-order valence-electron chi connectivity index (χ2n) is 6.75. The molecule has 0 aliphatic rings. The molecule has 0 aromatic heterocycles. The molecule has 0 aliphatic heterocycles. The maximum atomic E-state index is 12.0. The Balaban J connectivity index is 2.49. The van der Waals surface area contributed by atoms with Crippen LogP contribution in [0.4, 0.5) is 0 Å². The molecule has 140 valence electrons. The molecule has 0 spiro atoms. The summed E-state index contributed by atoms with van der Waals surface area (Å²) in [6.07, 6.45) is 7.42. The van der Waals surface area contributed by atoms with Gasteiger partial charge in [0.1, 0.15) is 0 Å². The van der Waals surface area contributed by atoms with Crippen LogP contribution in [0.1, 0.15) is 74.1 Å². The minimum Gasteiger partial charge on any atom is -0.478 e. The number of nitriles is 1. The number of rotatable bonds is 9. The molecule has 0 saturated carbocycles. The summed E-state index contributed by atoms with van der Waals surface area (Å²) < 4.78 is 0. The van der Waals surface area contributed by atoms with Gasteiger partial charge < -0.3 is 5.11 Å². The maximum absolute atomic E-state index is 12.0. The largest absolute Gasteiger partial charge is 0.478 e. The van der Waals surface area contributed by atoms with Crippen LogP contribution in [0.15, 0.2) is 48.5 Å². The Bertz CT molecular complexity index is 845. The summed E-state index contributed by atoms with van der Waals surface area (Å²) in [5.74, 6) is -0.614. The first kappa shape index (κ1) is 20.5. The Morgan fingerprint density at radius 3 is 2.48 bits per heavy atom. The summed E-state index contributed by atoms with van der Waals surface area (Å²) in [6.45, 7) is 4.38. The first-order chi connectivity index (χ1) is 13.1. The van der Waals surface area contributed by atoms with Crippen molar-refractivity contribution in [2.24, 2.45) is 0 Å². The number of carboxylic acid groups (broad SMARTS) is 1. The molecule has 0 aliphatic carbocycles. The molecule has 3 heteroatoms. The third-order valence-corrected chi connectivity index (χ3v) is 4.95. The quantitative estimate of drug-likeness (QED) is 0.326. The Labute approximate surface area is 162 Å². The molecule has 2 aromatic carbocycles. The van der Waals surface area contributed by atoms with Crippen molar-refractivity contribution >= 4 is 17.6 Å². The van der Waals surface area contributed by atoms with Crippen LogP contribution in [0.2, 0.25) is 0 Å². The van der Waals surface area contributed by atoms with Crippen LogP contribution in [0.5, 0.6) is 0 Å². The summed E-state index contributed by atoms with van der Waals surface area (Å²) in [4.78, 5) is 12.0. The van der Waals surface area contributed by atoms with E-state index < -0.39 is 5.97 Å². The van der Waals surface area contributed by atoms with Gasteiger partial charge in [-0.3, -0.25) is 0 Å². The molecule has 3 nitrogen and oxygen atoms in total. The Hall–Kier alpha value is -2.86. The van der Waals surface area contributed by atoms with Crippen molar-refractivity contribution in [3.63, 3.8) is 0 Å². The molecular weight excluding hydrogens is 334 g/mol. The highest BCUT2D eigenvalue weighted by Gasteiger charge is 2.17. The highest BCUT2D eigenvalue weighted by molar-refractivity contribution is 6.21. The molecule has 27 heavy (non-hydrogen) atoms. The standard InChI is InChI=1S/C24H27NO2/c1-3-5-6-11-18(4-2)21-14-9-7-12-19(21)16-23(24(26)27)22-15-10-8-13-20(22)17-25/h7-10,12-16,18H,3-6,11H2,1-2H3,(H,26,27)/b23-16+. The number of hydrogen-bond acceptors (Lipinski definition) is 2. The van der Waals surface area contributed by atoms with Gasteiger partial charge in [0, 0.05) is 5.56 Å². The molecule has 1 N–H and O–H groups in total. The molecule has 1 atom stereocenters. The third-order valence-electron chi connectivity index (χ3n) is 4.95. The van der Waals surface area contributed by atoms with Gasteiger partial charge in [0.05, 0.1) is 17.2 Å². The van der Waals surface area contributed by atoms with Crippen LogP contribution in [0, 0.1) is 11.3 Å². The zero-order chi connectivity index (χ0) is 19.6. The van der Waals surface area contributed by atoms with Gasteiger partial charge in [0.2, 0.25) is 0 Å². The summed E-state index contributed by atoms with van der Waals surface area (Å²) in [6, 6.07) is 17.0. The third kappa shape index (κ3) is 5.31. The lowest BCUT2D eigenvalue weighted by Gasteiger charge is -2.18. The molecule has 0 radical (unpaired) electrons. The molecule has 0 fully saturated rings. The van der Waals surface area contributed by atoms with E-state index in [1.165, 1.54) is 24.8 Å². The monoisotopic (exact) mass is 361 g/mol. The molecule has 1 unspecified atom stereocenters. The lowest BCUT2D eigenvalue weighted by molar-refractivity contribution is -0.130. The molecule has 0 heterocycles. The Morgan fingerprint density at radius 2 is 1.81 bits per heavy atom. The average Bonchev–Trinajstić information content (AvgIpc) is 2.70. The molecule has 0 saturated heterocycles. The van der Waals surface area contributed by atoms with Crippen LogP contribution >= 0.6 is 0 Å². The summed E-state index contributed by atoms with van der Waals surface area (Å²) in [7, 11) is 0. The van der Waals surface area contributed by atoms with Crippen molar-refractivity contribution in [1.82, 2.24) is 0 Å². The van der Waals surface area contributed by atoms with Crippen LogP contribution in [-0.2, 0) is 4.79 Å². The minimum absolute atomic E-state index is 0.156. The van der Waals surface area contributed by atoms with Gasteiger partial charge >= 0.3 is 5.97 Å². The summed E-state index contributed by atoms with van der Waals surface area (Å²) in [5.41, 5.74) is 3.10. The van der Waals surface area contributed by atoms with Crippen molar-refractivity contribution < 1.29 is 9.90 Å². The van der Waals surface area contributed by atoms with E-state index in [4.69, 9.17) is 0 Å². The smallest absolute Gasteiger partial charge is 0.336 e. The SMILES string of the molecule is CCCCCC(CC)c1ccccc1/C=C(/C(=O)O)c1ccccc1C#N. The lowest BCUT2D eigenvalue weighted by Crippen LogP contribution is -2.04. The number of aliphatic carboxylic acids is 1. The highest BCUT2D eigenvalue weighted by Crippen LogP contribution is 2.31. The number of carboxylic acids is 1. The zero-order valence-electron chi connectivity index (χ0n) is 16.1. The van der Waals surface area contributed by atoms with Crippen LogP contribution in [0.25, 0.3) is 11.6 Å². The molecule has 2 aromatic rings. The van der Waals surface area contributed by atoms with E-state index >= 15 is 0 Å². The Morgan fingerprint density at radius 1 is 1.11 bits per heavy atom. The number of carbonyl (C=O) groups is 1. The van der Waals surface area contributed by atoms with Gasteiger partial charge in [-0.05, 0) is 42.0 Å². The van der Waals surface area contributed by atoms with E-state index in [1.807, 2.05) is 18.2 Å². The number of nitrogens with zero attached hydrogens (tertiary/aromatic N) is 1. The van der Waals surface area contributed by atoms with Crippen molar-refractivity contribution in [3.8, 4) is 6.07 Å². The van der Waals surface area contributed by atoms with E-state index in [2.05, 4.69) is 26.0 Å². The summed E-state index contributed by atoms with van der Waals surface area (Å²) in [5, 5.41) is 19.1. The predicted octanol–water partition coefficient (Wildman–Crippen LogP) is 6.26. The molecule has 0 bridgehead atoms. The highest BCUT2D eigenvalue weighted by atomic mass is 16.4. The van der Waals surface area contributed by atoms with E-state index in [0.717, 1.165) is 18.4 Å². The topological polar surface area (TPSA) is 61.1 Å². The summed E-state index contributed by atoms with van der Waals surface area (Å²) >= 11 is 0. The van der Waals surface area contributed by atoms with Gasteiger partial charge in [0.15, 0.2) is 0 Å². The zero-order valence-corrected chi connectivity index (χ0v) is 16.1. The molecule has 0 amide bonds. The number of benzene rings is 2. The van der Waals surface area contributed by atoms with Crippen molar-refractivity contribution in [2.75, 3.05) is 0 Å². The van der Waals surface area contributed by atoms with E-state index in [0.29, 0.717) is 17.0 Å². The van der Waals surface area contributed by atoms with E-state index in [-0.39, 0.29) is 5.57 Å². The van der Waals surface area contributed by atoms with E-state index in [9.17, 15) is 15.2 Å². The maximum Gasteiger partial charge on any atom is 0.336 e. The van der Waals surface area contributed by atoms with Crippen molar-refractivity contribution in [1.29, 1.82) is 5.26 Å². The van der Waals surface area contributed by atoms with Gasteiger partial charge in [-0.2, -0.15) is 5.26 Å². The minimum atomic E-state index is -1.02. The van der Waals surface area contributed by atoms with Gasteiger partial charge in [-0.15, -0.1) is 0 Å². The Kier molecular flexibility index (Phi) is 7.82. The second-order valence-corrected chi connectivity index (χ2v) is 6.75. The van der Waals surface area contributed by atoms with Crippen molar-refractivity contribution in [2.45, 2.75) is 51.9 Å². The normalized spacial score (nSPS) is 12.4. The van der Waals surface area contributed by atoms with Gasteiger partial charge in [0.25, 0.3) is 0 Å². The fraction of sp³-hybridized carbons (Fsp3) is 0.333. The van der Waals surface area contributed by atoms with Gasteiger partial charge in [-0.1, -0.05) is 75.6 Å². The van der Waals surface area contributed by atoms with Crippen LogP contribution in [-0.4, -0.2) is 11.1 Å². The molecule has 2 rings (SSSR count). The number of unbranched alkanes of at least 4 members (excludes halogenated alkanes) is 2. The fourth-order valence-corrected chi connectivity index (χ4v) is 3.46. The first-order valence-corrected chi connectivity index (χ1v) is 9.65. The van der Waals surface area contributed by atoms with E-state index in [1.54, 1.807) is 30.3 Å². The first-order valence-electron chi connectivity index (χ1n) is 9.65. The van der Waals surface area contributed by atoms with Crippen LogP contribution < -0.4 is 0 Å². The number of hydrogen-bond donors (Lipinski definition) is 1. The predicted molar refractivity (Wildman–Crippen MR) is 110 cm³/mol. The molecular formula is C24H27NO2. The average molecular weight is 361 g/mol. The fourth-order valence-electron chi connectivity index (χ4n) is 3.46. The second kappa shape index (κ2) is 10.3. The van der Waals surface area contributed by atoms with Gasteiger partial charge in [-0.25, -0.2) is 4.79 Å². The lowest BCUT2D eigenvalue weighted by atomic mass is 9.86.